The molecule has 2 N–H and O–H groups in total. The van der Waals surface area contributed by atoms with Crippen molar-refractivity contribution >= 4 is 15.7 Å². The Bertz CT molecular complexity index is 705. The largest absolute Gasteiger partial charge is 0.334 e. The molecule has 0 aliphatic heterocycles. The number of hydrogen-bond donors (Lipinski definition) is 2. The van der Waals surface area contributed by atoms with Gasteiger partial charge in [-0.2, -0.15) is 8.42 Å². The van der Waals surface area contributed by atoms with Crippen LogP contribution in [0.1, 0.15) is 18.3 Å². The van der Waals surface area contributed by atoms with Gasteiger partial charge in [0.05, 0.1) is 0 Å². The van der Waals surface area contributed by atoms with E-state index in [1.54, 1.807) is 29.8 Å². The van der Waals surface area contributed by atoms with Crippen molar-refractivity contribution in [1.82, 2.24) is 14.9 Å². The molecule has 2 rings (SSSR count). The minimum Gasteiger partial charge on any atom is -0.334 e. The van der Waals surface area contributed by atoms with Crippen LogP contribution in [0.2, 0.25) is 0 Å². The van der Waals surface area contributed by atoms with Gasteiger partial charge in [-0.3, -0.25) is 4.72 Å². The molecule has 114 valence electrons. The SMILES string of the molecule is CCn1cc(S(=O)(=O)Nc2ccc(CNC)cc2)nc1C. The van der Waals surface area contributed by atoms with Gasteiger partial charge in [-0.05, 0) is 38.6 Å². The quantitative estimate of drug-likeness (QED) is 0.852. The average molecular weight is 308 g/mol. The predicted octanol–water partition coefficient (Wildman–Crippen LogP) is 1.73. The molecule has 0 bridgehead atoms. The summed E-state index contributed by atoms with van der Waals surface area (Å²) >= 11 is 0. The van der Waals surface area contributed by atoms with E-state index < -0.39 is 10.0 Å². The van der Waals surface area contributed by atoms with Gasteiger partial charge < -0.3 is 9.88 Å². The van der Waals surface area contributed by atoms with Crippen molar-refractivity contribution in [2.75, 3.05) is 11.8 Å². The molecular formula is C14H20N4O2S. The third-order valence-corrected chi connectivity index (χ3v) is 4.41. The second-order valence-corrected chi connectivity index (χ2v) is 6.37. The molecule has 1 aromatic heterocycles. The van der Waals surface area contributed by atoms with Crippen molar-refractivity contribution in [3.05, 3.63) is 41.9 Å². The molecule has 0 amide bonds. The monoisotopic (exact) mass is 308 g/mol. The molecule has 7 heteroatoms. The Hall–Kier alpha value is -1.86. The van der Waals surface area contributed by atoms with Crippen LogP contribution in [-0.4, -0.2) is 25.0 Å². The van der Waals surface area contributed by atoms with Gasteiger partial charge in [0.2, 0.25) is 0 Å². The van der Waals surface area contributed by atoms with Crippen molar-refractivity contribution < 1.29 is 8.42 Å². The second kappa shape index (κ2) is 6.28. The fraction of sp³-hybridized carbons (Fsp3) is 0.357. The molecule has 0 unspecified atom stereocenters. The topological polar surface area (TPSA) is 76.0 Å². The first-order valence-corrected chi connectivity index (χ1v) is 8.24. The lowest BCUT2D eigenvalue weighted by atomic mass is 10.2. The molecule has 0 atom stereocenters. The van der Waals surface area contributed by atoms with Crippen LogP contribution in [0.15, 0.2) is 35.5 Å². The number of nitrogens with one attached hydrogen (secondary N) is 2. The maximum atomic E-state index is 12.3. The van der Waals surface area contributed by atoms with E-state index in [9.17, 15) is 8.42 Å². The van der Waals surface area contributed by atoms with E-state index in [1.165, 1.54) is 0 Å². The van der Waals surface area contributed by atoms with E-state index in [0.717, 1.165) is 12.1 Å². The first-order chi connectivity index (χ1) is 9.96. The van der Waals surface area contributed by atoms with Crippen LogP contribution in [0.25, 0.3) is 0 Å². The molecule has 0 saturated carbocycles. The van der Waals surface area contributed by atoms with Crippen molar-refractivity contribution in [1.29, 1.82) is 0 Å². The Morgan fingerprint density at radius 3 is 2.43 bits per heavy atom. The van der Waals surface area contributed by atoms with Crippen LogP contribution in [0.5, 0.6) is 0 Å². The minimum absolute atomic E-state index is 0.0427. The summed E-state index contributed by atoms with van der Waals surface area (Å²) in [6, 6.07) is 7.25. The highest BCUT2D eigenvalue weighted by Crippen LogP contribution is 2.16. The van der Waals surface area contributed by atoms with E-state index in [4.69, 9.17) is 0 Å². The van der Waals surface area contributed by atoms with E-state index >= 15 is 0 Å². The lowest BCUT2D eigenvalue weighted by molar-refractivity contribution is 0.598. The average Bonchev–Trinajstić information content (AvgIpc) is 2.83. The van der Waals surface area contributed by atoms with Crippen LogP contribution >= 0.6 is 0 Å². The Morgan fingerprint density at radius 2 is 1.90 bits per heavy atom. The summed E-state index contributed by atoms with van der Waals surface area (Å²) in [6.45, 7) is 5.16. The zero-order valence-electron chi connectivity index (χ0n) is 12.4. The first kappa shape index (κ1) is 15.5. The lowest BCUT2D eigenvalue weighted by Gasteiger charge is -2.07. The third-order valence-electron chi connectivity index (χ3n) is 3.16. The van der Waals surface area contributed by atoms with E-state index in [-0.39, 0.29) is 5.03 Å². The Kier molecular flexibility index (Phi) is 4.64. The van der Waals surface area contributed by atoms with Crippen LogP contribution in [0.3, 0.4) is 0 Å². The molecule has 6 nitrogen and oxygen atoms in total. The van der Waals surface area contributed by atoms with Gasteiger partial charge in [0, 0.05) is 25.0 Å². The Labute approximate surface area is 125 Å². The maximum absolute atomic E-state index is 12.3. The van der Waals surface area contributed by atoms with Gasteiger partial charge >= 0.3 is 0 Å². The van der Waals surface area contributed by atoms with Crippen molar-refractivity contribution in [2.24, 2.45) is 0 Å². The molecule has 1 heterocycles. The normalized spacial score (nSPS) is 11.6. The van der Waals surface area contributed by atoms with Gasteiger partial charge in [-0.25, -0.2) is 4.98 Å². The molecule has 0 radical (unpaired) electrons. The molecular weight excluding hydrogens is 288 g/mol. The fourth-order valence-corrected chi connectivity index (χ4v) is 3.10. The van der Waals surface area contributed by atoms with Gasteiger partial charge in [-0.1, -0.05) is 12.1 Å². The van der Waals surface area contributed by atoms with Crippen LogP contribution in [0, 0.1) is 6.92 Å². The summed E-state index contributed by atoms with van der Waals surface area (Å²) in [5, 5.41) is 3.08. The predicted molar refractivity (Wildman–Crippen MR) is 82.7 cm³/mol. The van der Waals surface area contributed by atoms with Crippen LogP contribution in [0.4, 0.5) is 5.69 Å². The van der Waals surface area contributed by atoms with Gasteiger partial charge in [0.25, 0.3) is 10.0 Å². The van der Waals surface area contributed by atoms with Gasteiger partial charge in [0.15, 0.2) is 5.03 Å². The summed E-state index contributed by atoms with van der Waals surface area (Å²) in [5.74, 6) is 0.683. The summed E-state index contributed by atoms with van der Waals surface area (Å²) < 4.78 is 28.9. The van der Waals surface area contributed by atoms with Crippen molar-refractivity contribution in [3.8, 4) is 0 Å². The van der Waals surface area contributed by atoms with Crippen LogP contribution < -0.4 is 10.0 Å². The molecule has 0 aliphatic rings. The van der Waals surface area contributed by atoms with Crippen LogP contribution in [-0.2, 0) is 23.1 Å². The van der Waals surface area contributed by atoms with Crippen molar-refractivity contribution in [3.63, 3.8) is 0 Å². The highest BCUT2D eigenvalue weighted by Gasteiger charge is 2.18. The van der Waals surface area contributed by atoms with Crippen molar-refractivity contribution in [2.45, 2.75) is 32.0 Å². The second-order valence-electron chi connectivity index (χ2n) is 4.75. The highest BCUT2D eigenvalue weighted by molar-refractivity contribution is 7.92. The number of imidazole rings is 1. The number of aryl methyl sites for hydroxylation is 2. The van der Waals surface area contributed by atoms with Gasteiger partial charge in [-0.15, -0.1) is 0 Å². The fourth-order valence-electron chi connectivity index (χ4n) is 2.03. The number of benzene rings is 1. The molecule has 1 aromatic carbocycles. The lowest BCUT2D eigenvalue weighted by Crippen LogP contribution is -2.13. The van der Waals surface area contributed by atoms with E-state index in [2.05, 4.69) is 15.0 Å². The standard InChI is InChI=1S/C14H20N4O2S/c1-4-18-10-14(16-11(18)2)21(19,20)17-13-7-5-12(6-8-13)9-15-3/h5-8,10,15,17H,4,9H2,1-3H3. The Morgan fingerprint density at radius 1 is 1.24 bits per heavy atom. The number of anilines is 1. The van der Waals surface area contributed by atoms with E-state index in [0.29, 0.717) is 18.1 Å². The number of nitrogens with zero attached hydrogens (tertiary/aromatic N) is 2. The number of rotatable bonds is 6. The number of hydrogen-bond acceptors (Lipinski definition) is 4. The summed E-state index contributed by atoms with van der Waals surface area (Å²) in [6.07, 6.45) is 1.55. The Balaban J connectivity index is 2.20. The molecule has 0 spiro atoms. The highest BCUT2D eigenvalue weighted by atomic mass is 32.2. The number of aromatic nitrogens is 2. The molecule has 21 heavy (non-hydrogen) atoms. The molecule has 0 aliphatic carbocycles. The van der Waals surface area contributed by atoms with E-state index in [1.807, 2.05) is 26.1 Å². The minimum atomic E-state index is -3.65. The summed E-state index contributed by atoms with van der Waals surface area (Å²) in [4.78, 5) is 4.10. The van der Waals surface area contributed by atoms with Gasteiger partial charge in [0.1, 0.15) is 5.82 Å². The number of sulfonamides is 1. The molecule has 2 aromatic rings. The zero-order valence-corrected chi connectivity index (χ0v) is 13.2. The first-order valence-electron chi connectivity index (χ1n) is 6.76. The third kappa shape index (κ3) is 3.62. The summed E-state index contributed by atoms with van der Waals surface area (Å²) in [5.41, 5.74) is 1.62. The smallest absolute Gasteiger partial charge is 0.280 e. The summed E-state index contributed by atoms with van der Waals surface area (Å²) in [7, 11) is -1.78. The molecule has 0 saturated heterocycles. The molecule has 0 fully saturated rings. The maximum Gasteiger partial charge on any atom is 0.280 e. The zero-order chi connectivity index (χ0) is 15.5.